The number of rotatable bonds is 43. The van der Waals surface area contributed by atoms with Crippen LogP contribution in [0.2, 0.25) is 0 Å². The van der Waals surface area contributed by atoms with Gasteiger partial charge >= 0.3 is 11.9 Å². The molecule has 0 saturated heterocycles. The largest absolute Gasteiger partial charge is 0.462 e. The Kier molecular flexibility index (Phi) is 46.5. The molecule has 1 N–H and O–H groups in total. The van der Waals surface area contributed by atoms with E-state index in [1.165, 1.54) is 96.3 Å². The van der Waals surface area contributed by atoms with Gasteiger partial charge in [-0.25, -0.2) is 0 Å². The van der Waals surface area contributed by atoms with Gasteiger partial charge < -0.3 is 14.6 Å². The summed E-state index contributed by atoms with van der Waals surface area (Å²) >= 11 is 0. The second kappa shape index (κ2) is 49.2. The van der Waals surface area contributed by atoms with Gasteiger partial charge in [-0.1, -0.05) is 220 Å². The van der Waals surface area contributed by atoms with Crippen molar-refractivity contribution in [2.24, 2.45) is 0 Å². The molecule has 0 fully saturated rings. The van der Waals surface area contributed by atoms with Crippen LogP contribution >= 0.6 is 0 Å². The molecular formula is C54H90O5. The predicted octanol–water partition coefficient (Wildman–Crippen LogP) is 16.0. The number of aliphatic hydroxyl groups excluding tert-OH is 1. The predicted molar refractivity (Wildman–Crippen MR) is 256 cm³/mol. The summed E-state index contributed by atoms with van der Waals surface area (Å²) in [6.45, 7) is 3.95. The third-order valence-corrected chi connectivity index (χ3v) is 10.1. The molecule has 0 amide bonds. The van der Waals surface area contributed by atoms with Crippen LogP contribution in [0, 0.1) is 0 Å². The van der Waals surface area contributed by atoms with Crippen LogP contribution in [0.4, 0.5) is 0 Å². The Labute approximate surface area is 364 Å². The van der Waals surface area contributed by atoms with E-state index in [2.05, 4.69) is 111 Å². The van der Waals surface area contributed by atoms with Crippen molar-refractivity contribution in [2.75, 3.05) is 13.2 Å². The Morgan fingerprint density at radius 1 is 0.407 bits per heavy atom. The minimum atomic E-state index is -0.770. The van der Waals surface area contributed by atoms with Crippen LogP contribution in [0.3, 0.4) is 0 Å². The molecule has 0 aromatic rings. The number of hydrogen-bond acceptors (Lipinski definition) is 5. The smallest absolute Gasteiger partial charge is 0.306 e. The summed E-state index contributed by atoms with van der Waals surface area (Å²) in [7, 11) is 0. The van der Waals surface area contributed by atoms with Gasteiger partial charge in [0.2, 0.25) is 0 Å². The van der Waals surface area contributed by atoms with Gasteiger partial charge in [-0.15, -0.1) is 0 Å². The highest BCUT2D eigenvalue weighted by molar-refractivity contribution is 5.70. The summed E-state index contributed by atoms with van der Waals surface area (Å²) in [4.78, 5) is 24.1. The number of carbonyl (C=O) groups is 2. The van der Waals surface area contributed by atoms with E-state index in [0.29, 0.717) is 12.8 Å². The van der Waals surface area contributed by atoms with Gasteiger partial charge in [-0.2, -0.15) is 0 Å². The SMILES string of the molecule is CC/C=C\C/C=C\C/C=C\C/C=C\C/C=C\C/C=C\C/C=C\C/C=C\CCCCCCCCCCCCCCCCC(=O)OC(CO)COC(=O)CCCCCCCC. The van der Waals surface area contributed by atoms with E-state index in [4.69, 9.17) is 9.47 Å². The molecule has 1 atom stereocenters. The summed E-state index contributed by atoms with van der Waals surface area (Å²) in [6.07, 6.45) is 69.7. The average molecular weight is 819 g/mol. The van der Waals surface area contributed by atoms with E-state index in [9.17, 15) is 14.7 Å². The number of ether oxygens (including phenoxy) is 2. The van der Waals surface area contributed by atoms with Crippen molar-refractivity contribution in [3.8, 4) is 0 Å². The lowest BCUT2D eigenvalue weighted by Gasteiger charge is -2.15. The summed E-state index contributed by atoms with van der Waals surface area (Å²) in [5.74, 6) is -0.603. The molecule has 0 rings (SSSR count). The first-order chi connectivity index (χ1) is 29.1. The van der Waals surface area contributed by atoms with E-state index in [0.717, 1.165) is 89.9 Å². The number of allylic oxidation sites excluding steroid dienone is 16. The summed E-state index contributed by atoms with van der Waals surface area (Å²) in [5.41, 5.74) is 0. The van der Waals surface area contributed by atoms with Crippen LogP contribution in [0.5, 0.6) is 0 Å². The Balaban J connectivity index is 3.49. The van der Waals surface area contributed by atoms with E-state index < -0.39 is 6.10 Å². The number of hydrogen-bond donors (Lipinski definition) is 1. The third-order valence-electron chi connectivity index (χ3n) is 10.1. The van der Waals surface area contributed by atoms with E-state index in [1.54, 1.807) is 0 Å². The minimum absolute atomic E-state index is 0.0679. The number of aliphatic hydroxyl groups is 1. The molecular weight excluding hydrogens is 729 g/mol. The molecule has 0 spiro atoms. The molecule has 59 heavy (non-hydrogen) atoms. The molecule has 0 aliphatic carbocycles. The van der Waals surface area contributed by atoms with E-state index in [-0.39, 0.29) is 25.2 Å². The fourth-order valence-corrected chi connectivity index (χ4v) is 6.51. The van der Waals surface area contributed by atoms with Crippen molar-refractivity contribution in [1.82, 2.24) is 0 Å². The standard InChI is InChI=1S/C54H90O5/c1-3-5-7-9-11-12-13-14-15-16-17-18-19-20-21-22-23-24-25-26-27-28-29-30-31-32-33-34-35-36-37-38-39-40-41-42-43-45-47-49-54(57)59-52(50-55)51-58-53(56)48-46-44-10-8-6-4-2/h5,7,11-12,14-15,17-18,20-21,23-24,26-27,29-30,52,55H,3-4,6,8-10,13,16,19,22,25,28,31-51H2,1-2H3/b7-5-,12-11-,15-14-,18-17-,21-20-,24-23-,27-26-,30-29-. The molecule has 0 saturated carbocycles. The van der Waals surface area contributed by atoms with Crippen LogP contribution in [-0.2, 0) is 19.1 Å². The van der Waals surface area contributed by atoms with Crippen molar-refractivity contribution in [3.05, 3.63) is 97.2 Å². The fourth-order valence-electron chi connectivity index (χ4n) is 6.51. The number of esters is 2. The highest BCUT2D eigenvalue weighted by Gasteiger charge is 2.16. The molecule has 336 valence electrons. The fraction of sp³-hybridized carbons (Fsp3) is 0.667. The molecule has 1 unspecified atom stereocenters. The summed E-state index contributed by atoms with van der Waals surface area (Å²) < 4.78 is 10.5. The van der Waals surface area contributed by atoms with E-state index in [1.807, 2.05) is 0 Å². The van der Waals surface area contributed by atoms with Crippen LogP contribution in [-0.4, -0.2) is 36.4 Å². The first-order valence-electron chi connectivity index (χ1n) is 24.3. The topological polar surface area (TPSA) is 72.8 Å². The van der Waals surface area contributed by atoms with Crippen molar-refractivity contribution >= 4 is 11.9 Å². The lowest BCUT2D eigenvalue weighted by molar-refractivity contribution is -0.161. The molecule has 5 nitrogen and oxygen atoms in total. The van der Waals surface area contributed by atoms with Gasteiger partial charge in [-0.3, -0.25) is 9.59 Å². The lowest BCUT2D eigenvalue weighted by atomic mass is 10.0. The Hall–Kier alpha value is -3.18. The van der Waals surface area contributed by atoms with Crippen LogP contribution < -0.4 is 0 Å². The summed E-state index contributed by atoms with van der Waals surface area (Å²) in [6, 6.07) is 0. The maximum atomic E-state index is 12.2. The van der Waals surface area contributed by atoms with Crippen molar-refractivity contribution in [1.29, 1.82) is 0 Å². The second-order valence-corrected chi connectivity index (χ2v) is 15.8. The maximum Gasteiger partial charge on any atom is 0.306 e. The molecule has 0 aliphatic rings. The van der Waals surface area contributed by atoms with Crippen molar-refractivity contribution in [2.45, 2.75) is 219 Å². The van der Waals surface area contributed by atoms with Crippen molar-refractivity contribution in [3.63, 3.8) is 0 Å². The highest BCUT2D eigenvalue weighted by atomic mass is 16.6. The van der Waals surface area contributed by atoms with Gasteiger partial charge in [0, 0.05) is 12.8 Å². The molecule has 0 heterocycles. The Morgan fingerprint density at radius 2 is 0.729 bits per heavy atom. The van der Waals surface area contributed by atoms with E-state index >= 15 is 0 Å². The molecule has 0 bridgehead atoms. The highest BCUT2D eigenvalue weighted by Crippen LogP contribution is 2.15. The Morgan fingerprint density at radius 3 is 1.10 bits per heavy atom. The number of carbonyl (C=O) groups excluding carboxylic acids is 2. The zero-order valence-corrected chi connectivity index (χ0v) is 38.2. The first-order valence-corrected chi connectivity index (χ1v) is 24.3. The lowest BCUT2D eigenvalue weighted by Crippen LogP contribution is -2.28. The molecule has 5 heteroatoms. The molecule has 0 aromatic heterocycles. The van der Waals surface area contributed by atoms with Gasteiger partial charge in [0.25, 0.3) is 0 Å². The van der Waals surface area contributed by atoms with Gasteiger partial charge in [0.1, 0.15) is 6.61 Å². The summed E-state index contributed by atoms with van der Waals surface area (Å²) in [5, 5.41) is 9.52. The van der Waals surface area contributed by atoms with Gasteiger partial charge in [0.15, 0.2) is 6.10 Å². The number of unbranched alkanes of at least 4 members (excludes halogenated alkanes) is 19. The monoisotopic (exact) mass is 819 g/mol. The first kappa shape index (κ1) is 55.8. The van der Waals surface area contributed by atoms with Crippen LogP contribution in [0.15, 0.2) is 97.2 Å². The minimum Gasteiger partial charge on any atom is -0.462 e. The Bertz CT molecular complexity index is 1150. The molecule has 0 radical (unpaired) electrons. The maximum absolute atomic E-state index is 12.2. The normalized spacial score (nSPS) is 13.1. The zero-order chi connectivity index (χ0) is 42.8. The quantitative estimate of drug-likeness (QED) is 0.0377. The molecule has 0 aromatic carbocycles. The van der Waals surface area contributed by atoms with Gasteiger partial charge in [-0.05, 0) is 77.0 Å². The van der Waals surface area contributed by atoms with Crippen molar-refractivity contribution < 1.29 is 24.2 Å². The zero-order valence-electron chi connectivity index (χ0n) is 38.2. The average Bonchev–Trinajstić information content (AvgIpc) is 3.24. The second-order valence-electron chi connectivity index (χ2n) is 15.8. The van der Waals surface area contributed by atoms with Gasteiger partial charge in [0.05, 0.1) is 6.61 Å². The van der Waals surface area contributed by atoms with Crippen LogP contribution in [0.1, 0.15) is 213 Å². The third kappa shape index (κ3) is 47.4. The van der Waals surface area contributed by atoms with Crippen LogP contribution in [0.25, 0.3) is 0 Å². The molecule has 0 aliphatic heterocycles.